The highest BCUT2D eigenvalue weighted by Crippen LogP contribution is 1.93. The van der Waals surface area contributed by atoms with Gasteiger partial charge in [0.15, 0.2) is 0 Å². The molecule has 0 saturated carbocycles. The van der Waals surface area contributed by atoms with E-state index in [-0.39, 0.29) is 17.0 Å². The molecule has 2 N–H and O–H groups in total. The third-order valence-electron chi connectivity index (χ3n) is 1.15. The van der Waals surface area contributed by atoms with Crippen LogP contribution in [0.1, 0.15) is 17.3 Å². The molecular weight excluding hydrogens is 164 g/mol. The zero-order chi connectivity index (χ0) is 8.27. The maximum Gasteiger partial charge on any atom is 0.270 e. The van der Waals surface area contributed by atoms with Crippen molar-refractivity contribution in [2.24, 2.45) is 0 Å². The molecule has 4 nitrogen and oxygen atoms in total. The van der Waals surface area contributed by atoms with Crippen LogP contribution in [0.5, 0.6) is 0 Å². The van der Waals surface area contributed by atoms with Gasteiger partial charge in [0.2, 0.25) is 0 Å². The molecule has 0 radical (unpaired) electrons. The van der Waals surface area contributed by atoms with Crippen molar-refractivity contribution in [2.45, 2.75) is 6.92 Å². The third kappa shape index (κ3) is 1.68. The molecule has 0 bridgehead atoms. The maximum absolute atomic E-state index is 11.0. The van der Waals surface area contributed by atoms with Crippen LogP contribution in [0.4, 0.5) is 0 Å². The molecule has 0 spiro atoms. The van der Waals surface area contributed by atoms with Gasteiger partial charge >= 0.3 is 0 Å². The number of aromatic amines is 1. The Morgan fingerprint density at radius 1 is 1.82 bits per heavy atom. The number of rotatable bonds is 2. The number of carbonyl (C=O) groups excluding carboxylic acids is 1. The van der Waals surface area contributed by atoms with Gasteiger partial charge in [0.05, 0.1) is 0 Å². The molecule has 1 rings (SSSR count). The molecule has 0 fully saturated rings. The largest absolute Gasteiger partial charge is 0.352 e. The Balaban J connectivity index is 2.85. The van der Waals surface area contributed by atoms with Crippen LogP contribution >= 0.6 is 11.5 Å². The van der Waals surface area contributed by atoms with Crippen LogP contribution < -0.4 is 10.9 Å². The summed E-state index contributed by atoms with van der Waals surface area (Å²) in [5, 5.41) is 4.04. The highest BCUT2D eigenvalue weighted by atomic mass is 32.1. The number of amides is 1. The topological polar surface area (TPSA) is 62.0 Å². The molecule has 5 heteroatoms. The molecule has 0 aliphatic heterocycles. The SMILES string of the molecule is CCNC(=O)c1cs[nH]c1=O. The lowest BCUT2D eigenvalue weighted by atomic mass is 10.3. The van der Waals surface area contributed by atoms with Gasteiger partial charge in [0, 0.05) is 11.9 Å². The predicted molar refractivity (Wildman–Crippen MR) is 42.9 cm³/mol. The van der Waals surface area contributed by atoms with E-state index < -0.39 is 0 Å². The van der Waals surface area contributed by atoms with E-state index in [4.69, 9.17) is 0 Å². The van der Waals surface area contributed by atoms with Gasteiger partial charge in [0.1, 0.15) is 5.56 Å². The summed E-state index contributed by atoms with van der Waals surface area (Å²) in [6, 6.07) is 0. The van der Waals surface area contributed by atoms with Crippen molar-refractivity contribution in [3.8, 4) is 0 Å². The first-order valence-corrected chi connectivity index (χ1v) is 4.08. The Hall–Kier alpha value is -1.10. The molecule has 1 aromatic heterocycles. The second-order valence-corrected chi connectivity index (χ2v) is 2.62. The Morgan fingerprint density at radius 2 is 2.55 bits per heavy atom. The molecule has 11 heavy (non-hydrogen) atoms. The molecule has 1 amide bonds. The maximum atomic E-state index is 11.0. The number of aromatic nitrogens is 1. The van der Waals surface area contributed by atoms with Crippen molar-refractivity contribution in [1.82, 2.24) is 9.69 Å². The Labute approximate surface area is 67.4 Å². The number of nitrogens with one attached hydrogen (secondary N) is 2. The van der Waals surface area contributed by atoms with Gasteiger partial charge in [-0.15, -0.1) is 0 Å². The minimum Gasteiger partial charge on any atom is -0.352 e. The quantitative estimate of drug-likeness (QED) is 0.668. The van der Waals surface area contributed by atoms with Gasteiger partial charge in [-0.3, -0.25) is 14.0 Å². The molecule has 1 heterocycles. The summed E-state index contributed by atoms with van der Waals surface area (Å²) in [5.41, 5.74) is -0.127. The zero-order valence-electron chi connectivity index (χ0n) is 6.01. The van der Waals surface area contributed by atoms with E-state index in [9.17, 15) is 9.59 Å². The summed E-state index contributed by atoms with van der Waals surface area (Å²) in [6.07, 6.45) is 0. The highest BCUT2D eigenvalue weighted by Gasteiger charge is 2.08. The van der Waals surface area contributed by atoms with Crippen LogP contribution in [0.15, 0.2) is 10.2 Å². The second kappa shape index (κ2) is 3.34. The van der Waals surface area contributed by atoms with Crippen molar-refractivity contribution in [2.75, 3.05) is 6.54 Å². The normalized spacial score (nSPS) is 9.55. The molecule has 60 valence electrons. The van der Waals surface area contributed by atoms with E-state index in [0.717, 1.165) is 11.5 Å². The molecule has 1 aromatic rings. The van der Waals surface area contributed by atoms with Gasteiger partial charge in [0.25, 0.3) is 11.5 Å². The van der Waals surface area contributed by atoms with Crippen LogP contribution in [0.2, 0.25) is 0 Å². The summed E-state index contributed by atoms with van der Waals surface area (Å²) in [6.45, 7) is 2.34. The standard InChI is InChI=1S/C6H8N2O2S/c1-2-7-5(9)4-3-11-8-6(4)10/h3H,2H2,1H3,(H,7,9)(H,8,10). The van der Waals surface area contributed by atoms with Crippen molar-refractivity contribution >= 4 is 17.4 Å². The average molecular weight is 172 g/mol. The monoisotopic (exact) mass is 172 g/mol. The van der Waals surface area contributed by atoms with E-state index in [0.29, 0.717) is 6.54 Å². The van der Waals surface area contributed by atoms with Crippen LogP contribution in [0, 0.1) is 0 Å². The van der Waals surface area contributed by atoms with Crippen LogP contribution in [0.25, 0.3) is 0 Å². The van der Waals surface area contributed by atoms with Crippen LogP contribution in [-0.2, 0) is 0 Å². The van der Waals surface area contributed by atoms with Gasteiger partial charge in [-0.2, -0.15) is 0 Å². The summed E-state index contributed by atoms with van der Waals surface area (Å²) in [7, 11) is 0. The molecule has 0 aliphatic carbocycles. The zero-order valence-corrected chi connectivity index (χ0v) is 6.83. The van der Waals surface area contributed by atoms with E-state index in [1.54, 1.807) is 6.92 Å². The van der Waals surface area contributed by atoms with Crippen molar-refractivity contribution in [3.05, 3.63) is 21.3 Å². The Bertz CT molecular complexity index is 302. The summed E-state index contributed by atoms with van der Waals surface area (Å²) in [4.78, 5) is 21.8. The summed E-state index contributed by atoms with van der Waals surface area (Å²) >= 11 is 1.12. The van der Waals surface area contributed by atoms with Gasteiger partial charge in [-0.25, -0.2) is 0 Å². The van der Waals surface area contributed by atoms with Crippen LogP contribution in [-0.4, -0.2) is 16.8 Å². The van der Waals surface area contributed by atoms with Crippen molar-refractivity contribution in [1.29, 1.82) is 0 Å². The molecule has 0 aliphatic rings. The average Bonchev–Trinajstić information content (AvgIpc) is 2.36. The van der Waals surface area contributed by atoms with Gasteiger partial charge in [-0.05, 0) is 6.92 Å². The van der Waals surface area contributed by atoms with Gasteiger partial charge < -0.3 is 5.32 Å². The minimum absolute atomic E-state index is 0.192. The third-order valence-corrected chi connectivity index (χ3v) is 1.81. The smallest absolute Gasteiger partial charge is 0.270 e. The lowest BCUT2D eigenvalue weighted by Gasteiger charge is -1.94. The highest BCUT2D eigenvalue weighted by molar-refractivity contribution is 7.03. The molecule has 0 unspecified atom stereocenters. The Morgan fingerprint density at radius 3 is 3.00 bits per heavy atom. The first-order chi connectivity index (χ1) is 5.25. The molecular formula is C6H8N2O2S. The molecule has 0 atom stereocenters. The van der Waals surface area contributed by atoms with E-state index in [1.807, 2.05) is 0 Å². The number of carbonyl (C=O) groups is 1. The van der Waals surface area contributed by atoms with Crippen molar-refractivity contribution in [3.63, 3.8) is 0 Å². The second-order valence-electron chi connectivity index (χ2n) is 1.94. The first kappa shape index (κ1) is 8.00. The van der Waals surface area contributed by atoms with E-state index in [2.05, 4.69) is 9.69 Å². The van der Waals surface area contributed by atoms with E-state index >= 15 is 0 Å². The molecule has 0 aromatic carbocycles. The number of hydrogen-bond acceptors (Lipinski definition) is 3. The van der Waals surface area contributed by atoms with Crippen molar-refractivity contribution < 1.29 is 4.79 Å². The number of hydrogen-bond donors (Lipinski definition) is 2. The number of H-pyrrole nitrogens is 1. The first-order valence-electron chi connectivity index (χ1n) is 3.20. The predicted octanol–water partition coefficient (Wildman–Crippen LogP) is 0.186. The van der Waals surface area contributed by atoms with E-state index in [1.165, 1.54) is 5.38 Å². The fourth-order valence-corrected chi connectivity index (χ4v) is 1.27. The summed E-state index contributed by atoms with van der Waals surface area (Å²) < 4.78 is 2.43. The molecule has 0 saturated heterocycles. The van der Waals surface area contributed by atoms with Gasteiger partial charge in [-0.1, -0.05) is 11.5 Å². The Kier molecular flexibility index (Phi) is 2.43. The summed E-state index contributed by atoms with van der Waals surface area (Å²) in [5.74, 6) is -0.310. The minimum atomic E-state index is -0.319. The lowest BCUT2D eigenvalue weighted by Crippen LogP contribution is -2.26. The fourth-order valence-electron chi connectivity index (χ4n) is 0.663. The van der Waals surface area contributed by atoms with Crippen LogP contribution in [0.3, 0.4) is 0 Å². The fraction of sp³-hybridized carbons (Fsp3) is 0.333. The lowest BCUT2D eigenvalue weighted by molar-refractivity contribution is 0.0955.